The molecule has 2 aliphatic rings. The van der Waals surface area contributed by atoms with Crippen LogP contribution in [0.4, 0.5) is 0 Å². The van der Waals surface area contributed by atoms with Gasteiger partial charge in [-0.3, -0.25) is 0 Å². The maximum absolute atomic E-state index is 3.48. The molecule has 3 atom stereocenters. The molecule has 1 N–H and O–H groups in total. The van der Waals surface area contributed by atoms with Crippen LogP contribution in [-0.4, -0.2) is 13.1 Å². The van der Waals surface area contributed by atoms with Gasteiger partial charge < -0.3 is 5.32 Å². The lowest BCUT2D eigenvalue weighted by Gasteiger charge is -2.21. The lowest BCUT2D eigenvalue weighted by Crippen LogP contribution is -2.26. The molecule has 0 heterocycles. The smallest absolute Gasteiger partial charge is 0.00179 e. The van der Waals surface area contributed by atoms with Crippen molar-refractivity contribution in [2.24, 2.45) is 17.8 Å². The molecule has 2 rings (SSSR count). The van der Waals surface area contributed by atoms with Crippen molar-refractivity contribution in [1.82, 2.24) is 5.32 Å². The molecule has 0 radical (unpaired) electrons. The Balaban J connectivity index is 1.78. The van der Waals surface area contributed by atoms with E-state index in [1.54, 1.807) is 6.42 Å². The first kappa shape index (κ1) is 7.60. The van der Waals surface area contributed by atoms with Gasteiger partial charge in [0.25, 0.3) is 0 Å². The SMILES string of the molecule is CCNCC1CC2CCC1C2. The molecular weight excluding hydrogens is 134 g/mol. The van der Waals surface area contributed by atoms with Crippen LogP contribution < -0.4 is 5.32 Å². The minimum Gasteiger partial charge on any atom is -0.317 e. The lowest BCUT2D eigenvalue weighted by molar-refractivity contribution is 0.321. The monoisotopic (exact) mass is 153 g/mol. The molecule has 0 saturated heterocycles. The highest BCUT2D eigenvalue weighted by Crippen LogP contribution is 2.47. The van der Waals surface area contributed by atoms with E-state index >= 15 is 0 Å². The van der Waals surface area contributed by atoms with Gasteiger partial charge in [-0.2, -0.15) is 0 Å². The van der Waals surface area contributed by atoms with Gasteiger partial charge in [0.1, 0.15) is 0 Å². The van der Waals surface area contributed by atoms with Crippen molar-refractivity contribution in [3.8, 4) is 0 Å². The van der Waals surface area contributed by atoms with E-state index in [4.69, 9.17) is 0 Å². The van der Waals surface area contributed by atoms with Gasteiger partial charge in [0.15, 0.2) is 0 Å². The van der Waals surface area contributed by atoms with E-state index < -0.39 is 0 Å². The van der Waals surface area contributed by atoms with Crippen LogP contribution in [0.15, 0.2) is 0 Å². The molecule has 0 amide bonds. The average Bonchev–Trinajstić information content (AvgIpc) is 2.60. The standard InChI is InChI=1S/C10H19N/c1-2-11-7-10-6-8-3-4-9(10)5-8/h8-11H,2-7H2,1H3. The predicted molar refractivity (Wildman–Crippen MR) is 47.5 cm³/mol. The molecule has 1 heteroatoms. The highest BCUT2D eigenvalue weighted by Gasteiger charge is 2.38. The van der Waals surface area contributed by atoms with Crippen molar-refractivity contribution >= 4 is 0 Å². The fourth-order valence-electron chi connectivity index (χ4n) is 2.96. The zero-order valence-corrected chi connectivity index (χ0v) is 7.47. The third-order valence-corrected chi connectivity index (χ3v) is 3.54. The Bertz CT molecular complexity index is 133. The molecule has 0 aromatic heterocycles. The predicted octanol–water partition coefficient (Wildman–Crippen LogP) is 2.03. The van der Waals surface area contributed by atoms with Gasteiger partial charge in [-0.15, -0.1) is 0 Å². The number of nitrogens with one attached hydrogen (secondary N) is 1. The van der Waals surface area contributed by atoms with Crippen LogP contribution in [0.2, 0.25) is 0 Å². The second kappa shape index (κ2) is 3.14. The third-order valence-electron chi connectivity index (χ3n) is 3.54. The van der Waals surface area contributed by atoms with Crippen molar-refractivity contribution in [2.75, 3.05) is 13.1 Å². The summed E-state index contributed by atoms with van der Waals surface area (Å²) in [6.45, 7) is 4.64. The maximum Gasteiger partial charge on any atom is -0.00179 e. The molecule has 64 valence electrons. The highest BCUT2D eigenvalue weighted by molar-refractivity contribution is 4.90. The molecule has 0 aromatic rings. The van der Waals surface area contributed by atoms with Crippen molar-refractivity contribution in [3.63, 3.8) is 0 Å². The highest BCUT2D eigenvalue weighted by atomic mass is 14.9. The molecule has 11 heavy (non-hydrogen) atoms. The summed E-state index contributed by atoms with van der Waals surface area (Å²) in [6, 6.07) is 0. The maximum atomic E-state index is 3.48. The Morgan fingerprint density at radius 2 is 2.18 bits per heavy atom. The van der Waals surface area contributed by atoms with E-state index in [2.05, 4.69) is 12.2 Å². The van der Waals surface area contributed by atoms with Gasteiger partial charge >= 0.3 is 0 Å². The molecule has 2 fully saturated rings. The molecule has 3 unspecified atom stereocenters. The first-order chi connectivity index (χ1) is 5.40. The van der Waals surface area contributed by atoms with Gasteiger partial charge in [-0.25, -0.2) is 0 Å². The molecule has 2 saturated carbocycles. The summed E-state index contributed by atoms with van der Waals surface area (Å²) in [5, 5.41) is 3.48. The zero-order valence-electron chi connectivity index (χ0n) is 7.47. The van der Waals surface area contributed by atoms with Crippen molar-refractivity contribution in [2.45, 2.75) is 32.6 Å². The molecule has 0 aliphatic heterocycles. The van der Waals surface area contributed by atoms with Gasteiger partial charge in [0, 0.05) is 0 Å². The topological polar surface area (TPSA) is 12.0 Å². The van der Waals surface area contributed by atoms with E-state index in [0.717, 1.165) is 24.3 Å². The molecular formula is C10H19N. The Hall–Kier alpha value is -0.0400. The number of hydrogen-bond donors (Lipinski definition) is 1. The van der Waals surface area contributed by atoms with Gasteiger partial charge in [0.2, 0.25) is 0 Å². The molecule has 0 spiro atoms. The summed E-state index contributed by atoms with van der Waals surface area (Å²) in [6.07, 6.45) is 6.14. The Labute approximate surface area is 69.6 Å². The summed E-state index contributed by atoms with van der Waals surface area (Å²) in [5.41, 5.74) is 0. The van der Waals surface area contributed by atoms with Crippen molar-refractivity contribution in [3.05, 3.63) is 0 Å². The summed E-state index contributed by atoms with van der Waals surface area (Å²) in [4.78, 5) is 0. The first-order valence-corrected chi connectivity index (χ1v) is 5.11. The van der Waals surface area contributed by atoms with Gasteiger partial charge in [-0.05, 0) is 50.1 Å². The molecule has 0 aromatic carbocycles. The van der Waals surface area contributed by atoms with Crippen molar-refractivity contribution in [1.29, 1.82) is 0 Å². The van der Waals surface area contributed by atoms with Crippen LogP contribution in [0.25, 0.3) is 0 Å². The fraction of sp³-hybridized carbons (Fsp3) is 1.00. The largest absolute Gasteiger partial charge is 0.317 e. The first-order valence-electron chi connectivity index (χ1n) is 5.11. The Morgan fingerprint density at radius 1 is 1.27 bits per heavy atom. The fourth-order valence-corrected chi connectivity index (χ4v) is 2.96. The van der Waals surface area contributed by atoms with E-state index in [-0.39, 0.29) is 0 Å². The molecule has 2 aliphatic carbocycles. The van der Waals surface area contributed by atoms with E-state index in [9.17, 15) is 0 Å². The van der Waals surface area contributed by atoms with E-state index in [1.165, 1.54) is 25.8 Å². The van der Waals surface area contributed by atoms with E-state index in [1.807, 2.05) is 0 Å². The number of rotatable bonds is 3. The molecule has 1 nitrogen and oxygen atoms in total. The minimum absolute atomic E-state index is 1.04. The van der Waals surface area contributed by atoms with Crippen LogP contribution in [0.3, 0.4) is 0 Å². The summed E-state index contributed by atoms with van der Waals surface area (Å²) < 4.78 is 0. The normalized spacial score (nSPS) is 41.7. The van der Waals surface area contributed by atoms with Crippen LogP contribution >= 0.6 is 0 Å². The number of fused-ring (bicyclic) bond motifs is 2. The summed E-state index contributed by atoms with van der Waals surface area (Å²) >= 11 is 0. The zero-order chi connectivity index (χ0) is 7.68. The second-order valence-corrected chi connectivity index (χ2v) is 4.24. The van der Waals surface area contributed by atoms with Crippen LogP contribution in [0.1, 0.15) is 32.6 Å². The third kappa shape index (κ3) is 1.44. The van der Waals surface area contributed by atoms with Crippen LogP contribution in [0, 0.1) is 17.8 Å². The molecule has 2 bridgehead atoms. The summed E-state index contributed by atoms with van der Waals surface area (Å²) in [7, 11) is 0. The van der Waals surface area contributed by atoms with Crippen LogP contribution in [-0.2, 0) is 0 Å². The average molecular weight is 153 g/mol. The summed E-state index contributed by atoms with van der Waals surface area (Å²) in [5.74, 6) is 3.25. The van der Waals surface area contributed by atoms with Gasteiger partial charge in [0.05, 0.1) is 0 Å². The Morgan fingerprint density at radius 3 is 2.73 bits per heavy atom. The van der Waals surface area contributed by atoms with Crippen LogP contribution in [0.5, 0.6) is 0 Å². The number of hydrogen-bond acceptors (Lipinski definition) is 1. The van der Waals surface area contributed by atoms with Crippen molar-refractivity contribution < 1.29 is 0 Å². The Kier molecular flexibility index (Phi) is 2.17. The minimum atomic E-state index is 1.04. The van der Waals surface area contributed by atoms with E-state index in [0.29, 0.717) is 0 Å². The second-order valence-electron chi connectivity index (χ2n) is 4.24. The lowest BCUT2D eigenvalue weighted by atomic mass is 9.89. The quantitative estimate of drug-likeness (QED) is 0.654. The van der Waals surface area contributed by atoms with Gasteiger partial charge in [-0.1, -0.05) is 13.3 Å².